The number of anilines is 1. The van der Waals surface area contributed by atoms with Crippen molar-refractivity contribution in [2.75, 3.05) is 19.0 Å². The minimum absolute atomic E-state index is 0.0239. The maximum atomic E-state index is 12.9. The molecule has 0 saturated heterocycles. The van der Waals surface area contributed by atoms with Gasteiger partial charge in [0.1, 0.15) is 6.04 Å². The van der Waals surface area contributed by atoms with Gasteiger partial charge in [0.15, 0.2) is 0 Å². The predicted octanol–water partition coefficient (Wildman–Crippen LogP) is 3.16. The Balaban J connectivity index is 1.53. The standard InChI is InChI=1S/C26H34N4O4S/c1-5-7-22(25(33)28-16-31)30-14-19-20(26(30)34)15-35-23(19)13-27-24(32)9-6-8-18-10-11-21(29(3)4)17(2)12-18/h10-12,15-16,22H,5-9,13-14H2,1-4H3,(H,27,32)(H,28,31,33). The van der Waals surface area contributed by atoms with E-state index in [1.807, 2.05) is 21.0 Å². The molecule has 1 aliphatic rings. The van der Waals surface area contributed by atoms with Crippen molar-refractivity contribution in [2.24, 2.45) is 0 Å². The van der Waals surface area contributed by atoms with Crippen molar-refractivity contribution in [3.05, 3.63) is 50.7 Å². The summed E-state index contributed by atoms with van der Waals surface area (Å²) in [5, 5.41) is 6.94. The molecule has 1 unspecified atom stereocenters. The number of nitrogens with one attached hydrogen (secondary N) is 2. The monoisotopic (exact) mass is 498 g/mol. The quantitative estimate of drug-likeness (QED) is 0.438. The molecular weight excluding hydrogens is 464 g/mol. The Morgan fingerprint density at radius 1 is 1.29 bits per heavy atom. The van der Waals surface area contributed by atoms with Gasteiger partial charge in [-0.15, -0.1) is 11.3 Å². The first-order chi connectivity index (χ1) is 16.8. The number of fused-ring (bicyclic) bond motifs is 1. The predicted molar refractivity (Wildman–Crippen MR) is 137 cm³/mol. The number of amides is 4. The number of imide groups is 1. The van der Waals surface area contributed by atoms with E-state index in [2.05, 4.69) is 40.7 Å². The SMILES string of the molecule is CCCC(C(=O)NC=O)N1Cc2c(csc2CNC(=O)CCCc2ccc(N(C)C)c(C)c2)C1=O. The van der Waals surface area contributed by atoms with Crippen LogP contribution in [0.4, 0.5) is 5.69 Å². The van der Waals surface area contributed by atoms with Crippen molar-refractivity contribution in [2.45, 2.75) is 65.1 Å². The van der Waals surface area contributed by atoms with Crippen molar-refractivity contribution in [3.8, 4) is 0 Å². The highest BCUT2D eigenvalue weighted by atomic mass is 32.1. The van der Waals surface area contributed by atoms with Gasteiger partial charge >= 0.3 is 0 Å². The van der Waals surface area contributed by atoms with E-state index in [0.717, 1.165) is 23.3 Å². The van der Waals surface area contributed by atoms with Crippen molar-refractivity contribution in [1.82, 2.24) is 15.5 Å². The van der Waals surface area contributed by atoms with Crippen LogP contribution < -0.4 is 15.5 Å². The van der Waals surface area contributed by atoms with E-state index in [1.165, 1.54) is 33.1 Å². The number of nitrogens with zero attached hydrogens (tertiary/aromatic N) is 2. The molecule has 3 rings (SSSR count). The molecule has 188 valence electrons. The summed E-state index contributed by atoms with van der Waals surface area (Å²) in [7, 11) is 4.05. The normalized spacial score (nSPS) is 13.4. The van der Waals surface area contributed by atoms with Crippen LogP contribution in [0.5, 0.6) is 0 Å². The van der Waals surface area contributed by atoms with Gasteiger partial charge in [0, 0.05) is 43.0 Å². The lowest BCUT2D eigenvalue weighted by atomic mass is 10.0. The second kappa shape index (κ2) is 12.0. The third-order valence-corrected chi connectivity index (χ3v) is 7.33. The van der Waals surface area contributed by atoms with E-state index in [0.29, 0.717) is 44.3 Å². The smallest absolute Gasteiger partial charge is 0.256 e. The number of thiophene rings is 1. The minimum atomic E-state index is -0.687. The topological polar surface area (TPSA) is 98.8 Å². The second-order valence-electron chi connectivity index (χ2n) is 9.06. The van der Waals surface area contributed by atoms with E-state index >= 15 is 0 Å². The van der Waals surface area contributed by atoms with E-state index < -0.39 is 11.9 Å². The number of aryl methyl sites for hydroxylation is 2. The summed E-state index contributed by atoms with van der Waals surface area (Å²) < 4.78 is 0. The lowest BCUT2D eigenvalue weighted by Crippen LogP contribution is -2.46. The van der Waals surface area contributed by atoms with Gasteiger partial charge in [-0.25, -0.2) is 0 Å². The average Bonchev–Trinajstić information content (AvgIpc) is 3.36. The summed E-state index contributed by atoms with van der Waals surface area (Å²) in [5.41, 5.74) is 5.07. The molecule has 2 heterocycles. The molecule has 0 saturated carbocycles. The summed E-state index contributed by atoms with van der Waals surface area (Å²) in [5.74, 6) is -0.696. The Hall–Kier alpha value is -3.20. The van der Waals surface area contributed by atoms with Crippen LogP contribution in [0, 0.1) is 6.92 Å². The zero-order chi connectivity index (χ0) is 25.5. The van der Waals surface area contributed by atoms with Crippen LogP contribution in [-0.2, 0) is 33.9 Å². The van der Waals surface area contributed by atoms with Crippen molar-refractivity contribution >= 4 is 41.2 Å². The Morgan fingerprint density at radius 2 is 2.06 bits per heavy atom. The van der Waals surface area contributed by atoms with Crippen LogP contribution in [-0.4, -0.2) is 49.2 Å². The second-order valence-corrected chi connectivity index (χ2v) is 10.0. The third-order valence-electron chi connectivity index (χ3n) is 6.30. The Bertz CT molecular complexity index is 1100. The van der Waals surface area contributed by atoms with Crippen LogP contribution in [0.15, 0.2) is 23.6 Å². The number of hydrogen-bond acceptors (Lipinski definition) is 6. The van der Waals surface area contributed by atoms with Gasteiger partial charge in [-0.3, -0.25) is 24.5 Å². The molecule has 4 amide bonds. The maximum Gasteiger partial charge on any atom is 0.256 e. The third kappa shape index (κ3) is 6.28. The first kappa shape index (κ1) is 26.4. The summed E-state index contributed by atoms with van der Waals surface area (Å²) in [6, 6.07) is 5.71. The molecular formula is C26H34N4O4S. The van der Waals surface area contributed by atoms with E-state index in [9.17, 15) is 19.2 Å². The molecule has 1 atom stereocenters. The Labute approximate surface area is 210 Å². The molecule has 2 N–H and O–H groups in total. The van der Waals surface area contributed by atoms with Gasteiger partial charge < -0.3 is 15.1 Å². The van der Waals surface area contributed by atoms with Gasteiger partial charge in [0.25, 0.3) is 5.91 Å². The van der Waals surface area contributed by atoms with Crippen LogP contribution >= 0.6 is 11.3 Å². The molecule has 0 spiro atoms. The van der Waals surface area contributed by atoms with E-state index in [-0.39, 0.29) is 11.8 Å². The summed E-state index contributed by atoms with van der Waals surface area (Å²) in [4.78, 5) is 52.9. The largest absolute Gasteiger partial charge is 0.377 e. The molecule has 2 aromatic rings. The molecule has 1 aromatic carbocycles. The highest BCUT2D eigenvalue weighted by Gasteiger charge is 2.37. The van der Waals surface area contributed by atoms with Gasteiger partial charge in [0.05, 0.1) is 12.1 Å². The molecule has 0 radical (unpaired) electrons. The lowest BCUT2D eigenvalue weighted by Gasteiger charge is -2.26. The van der Waals surface area contributed by atoms with Crippen LogP contribution in [0.2, 0.25) is 0 Å². The lowest BCUT2D eigenvalue weighted by molar-refractivity contribution is -0.129. The number of hydrogen-bond donors (Lipinski definition) is 2. The number of benzene rings is 1. The fourth-order valence-corrected chi connectivity index (χ4v) is 5.50. The molecule has 8 nitrogen and oxygen atoms in total. The van der Waals surface area contributed by atoms with Gasteiger partial charge in [-0.05, 0) is 48.9 Å². The molecule has 9 heteroatoms. The molecule has 0 aliphatic carbocycles. The van der Waals surface area contributed by atoms with Crippen LogP contribution in [0.25, 0.3) is 0 Å². The summed E-state index contributed by atoms with van der Waals surface area (Å²) in [6.07, 6.45) is 3.55. The molecule has 1 aliphatic heterocycles. The summed E-state index contributed by atoms with van der Waals surface area (Å²) >= 11 is 1.45. The number of carbonyl (C=O) groups is 4. The summed E-state index contributed by atoms with van der Waals surface area (Å²) in [6.45, 7) is 4.69. The number of rotatable bonds is 12. The van der Waals surface area contributed by atoms with Crippen molar-refractivity contribution in [1.29, 1.82) is 0 Å². The zero-order valence-corrected chi connectivity index (χ0v) is 21.7. The van der Waals surface area contributed by atoms with Gasteiger partial charge in [-0.1, -0.05) is 25.5 Å². The highest BCUT2D eigenvalue weighted by molar-refractivity contribution is 7.10. The van der Waals surface area contributed by atoms with Crippen molar-refractivity contribution < 1.29 is 19.2 Å². The van der Waals surface area contributed by atoms with Crippen molar-refractivity contribution in [3.63, 3.8) is 0 Å². The van der Waals surface area contributed by atoms with E-state index in [4.69, 9.17) is 0 Å². The van der Waals surface area contributed by atoms with Gasteiger partial charge in [0.2, 0.25) is 18.2 Å². The zero-order valence-electron chi connectivity index (χ0n) is 20.8. The molecule has 1 aromatic heterocycles. The fourth-order valence-electron chi connectivity index (χ4n) is 4.52. The Morgan fingerprint density at radius 3 is 2.71 bits per heavy atom. The number of carbonyl (C=O) groups excluding carboxylic acids is 4. The molecule has 0 bridgehead atoms. The highest BCUT2D eigenvalue weighted by Crippen LogP contribution is 2.33. The van der Waals surface area contributed by atoms with Crippen LogP contribution in [0.3, 0.4) is 0 Å². The first-order valence-corrected chi connectivity index (χ1v) is 12.8. The molecule has 0 fully saturated rings. The fraction of sp³-hybridized carbons (Fsp3) is 0.462. The minimum Gasteiger partial charge on any atom is -0.377 e. The average molecular weight is 499 g/mol. The van der Waals surface area contributed by atoms with Crippen LogP contribution in [0.1, 0.15) is 64.5 Å². The van der Waals surface area contributed by atoms with Gasteiger partial charge in [-0.2, -0.15) is 0 Å². The first-order valence-electron chi connectivity index (χ1n) is 11.9. The van der Waals surface area contributed by atoms with E-state index in [1.54, 1.807) is 5.38 Å². The molecule has 35 heavy (non-hydrogen) atoms. The maximum absolute atomic E-state index is 12.9. The Kier molecular flexibility index (Phi) is 9.03.